The van der Waals surface area contributed by atoms with Gasteiger partial charge in [-0.1, -0.05) is 225 Å². The first-order valence-corrected chi connectivity index (χ1v) is 24.7. The molecule has 4 aliphatic carbocycles. The summed E-state index contributed by atoms with van der Waals surface area (Å²) in [5, 5.41) is 0. The summed E-state index contributed by atoms with van der Waals surface area (Å²) in [5.74, 6) is 0.968. The lowest BCUT2D eigenvalue weighted by Crippen LogP contribution is -2.36. The van der Waals surface area contributed by atoms with Crippen LogP contribution in [0.3, 0.4) is 0 Å². The zero-order chi connectivity index (χ0) is 46.6. The molecular weight excluding hydrogens is 845 g/mol. The molecule has 0 aromatic heterocycles. The highest BCUT2D eigenvalue weighted by molar-refractivity contribution is 5.95. The van der Waals surface area contributed by atoms with E-state index in [1.165, 1.54) is 72.4 Å². The monoisotopic (exact) mass is 896 g/mol. The molecule has 2 nitrogen and oxygen atoms in total. The number of nitrogens with zero attached hydrogens (tertiary/aromatic N) is 2. The topological polar surface area (TPSA) is 6.48 Å². The van der Waals surface area contributed by atoms with E-state index in [-0.39, 0.29) is 5.41 Å². The lowest BCUT2D eigenvalue weighted by atomic mass is 9.68. The largest absolute Gasteiger partial charge is 0.357 e. The van der Waals surface area contributed by atoms with Gasteiger partial charge in [0.1, 0.15) is 0 Å². The van der Waals surface area contributed by atoms with Crippen molar-refractivity contribution in [3.05, 3.63) is 296 Å². The van der Waals surface area contributed by atoms with Crippen LogP contribution in [-0.2, 0) is 5.41 Å². The molecule has 2 heteroatoms. The van der Waals surface area contributed by atoms with Crippen molar-refractivity contribution in [3.8, 4) is 44.5 Å². The zero-order valence-electron chi connectivity index (χ0n) is 39.0. The van der Waals surface area contributed by atoms with Crippen LogP contribution in [0.4, 0.5) is 22.7 Å². The van der Waals surface area contributed by atoms with Gasteiger partial charge in [-0.2, -0.15) is 0 Å². The number of allylic oxidation sites excluding steroid dienone is 9. The fraction of sp³-hybridized carbons (Fsp3) is 0.0882. The van der Waals surface area contributed by atoms with Crippen LogP contribution in [0.15, 0.2) is 274 Å². The SMILES string of the molecule is C=C1/C=C\C=C/CC2(c3ccccc31)c1ccccc1-c1c(-c3ccc(N(c4ccc(-c5ccccc5)cc4)c4ccc(-c5ccc(N6C7C=CC=CC7C7C=CC=CC76)cc5)cc4)cc3)cccc12. The smallest absolute Gasteiger partial charge is 0.0551 e. The highest BCUT2D eigenvalue weighted by atomic mass is 15.2. The van der Waals surface area contributed by atoms with Crippen molar-refractivity contribution < 1.29 is 0 Å². The highest BCUT2D eigenvalue weighted by Gasteiger charge is 2.47. The van der Waals surface area contributed by atoms with Gasteiger partial charge in [0.05, 0.1) is 17.5 Å². The first kappa shape index (κ1) is 41.7. The number of fused-ring (bicyclic) bond motifs is 10. The zero-order valence-corrected chi connectivity index (χ0v) is 39.0. The van der Waals surface area contributed by atoms with Crippen molar-refractivity contribution in [2.75, 3.05) is 9.80 Å². The van der Waals surface area contributed by atoms with Crippen LogP contribution in [0.1, 0.15) is 28.7 Å². The predicted octanol–water partition coefficient (Wildman–Crippen LogP) is 17.0. The Morgan fingerprint density at radius 3 is 1.49 bits per heavy atom. The van der Waals surface area contributed by atoms with E-state index in [0.717, 1.165) is 29.1 Å². The van der Waals surface area contributed by atoms with Crippen molar-refractivity contribution in [3.63, 3.8) is 0 Å². The Bertz CT molecular complexity index is 3440. The van der Waals surface area contributed by atoms with E-state index < -0.39 is 0 Å². The van der Waals surface area contributed by atoms with E-state index in [1.807, 2.05) is 0 Å². The molecule has 334 valence electrons. The standard InChI is InChI=1S/C68H52N2/c1-47-17-4-3-15-46-68(62-25-11-7-20-57(47)62)63-26-12-8-23-61(63)67-58(24-16-27-64(67)68)52-36-44-55(45-37-52)69(53-38-30-49(31-39-53)48-18-5-2-6-19-48)54-40-32-50(33-41-54)51-34-42-56(43-35-51)70-65-28-13-9-21-59(65)60-22-10-14-29-66(60)70/h2-45,59-60,65-66H,1,46H2/b15-3-,17-4-. The normalized spacial score (nSPS) is 22.0. The molecule has 1 aliphatic heterocycles. The Labute approximate surface area is 412 Å². The van der Waals surface area contributed by atoms with Crippen LogP contribution in [-0.4, -0.2) is 12.1 Å². The van der Waals surface area contributed by atoms with Gasteiger partial charge in [-0.25, -0.2) is 0 Å². The van der Waals surface area contributed by atoms with Crippen molar-refractivity contribution in [2.24, 2.45) is 11.8 Å². The van der Waals surface area contributed by atoms with Gasteiger partial charge in [0, 0.05) is 34.6 Å². The van der Waals surface area contributed by atoms with E-state index >= 15 is 0 Å². The summed E-state index contributed by atoms with van der Waals surface area (Å²) >= 11 is 0. The van der Waals surface area contributed by atoms with Crippen LogP contribution in [0.2, 0.25) is 0 Å². The maximum atomic E-state index is 4.54. The number of benzene rings is 8. The summed E-state index contributed by atoms with van der Waals surface area (Å²) < 4.78 is 0. The summed E-state index contributed by atoms with van der Waals surface area (Å²) in [7, 11) is 0. The van der Waals surface area contributed by atoms with Gasteiger partial charge in [0.25, 0.3) is 0 Å². The average Bonchev–Trinajstić information content (AvgIpc) is 3.94. The molecular formula is C68H52N2. The first-order valence-electron chi connectivity index (χ1n) is 24.7. The molecule has 5 unspecified atom stereocenters. The molecule has 8 aromatic carbocycles. The van der Waals surface area contributed by atoms with Crippen molar-refractivity contribution >= 4 is 28.3 Å². The van der Waals surface area contributed by atoms with Gasteiger partial charge in [-0.3, -0.25) is 0 Å². The molecule has 1 fully saturated rings. The first-order chi connectivity index (χ1) is 34.6. The molecule has 0 N–H and O–H groups in total. The summed E-state index contributed by atoms with van der Waals surface area (Å²) in [6, 6.07) is 72.7. The number of anilines is 4. The minimum atomic E-state index is -0.364. The number of hydrogen-bond acceptors (Lipinski definition) is 2. The van der Waals surface area contributed by atoms with E-state index in [9.17, 15) is 0 Å². The third-order valence-electron chi connectivity index (χ3n) is 15.6. The molecule has 13 rings (SSSR count). The fourth-order valence-electron chi connectivity index (χ4n) is 12.3. The van der Waals surface area contributed by atoms with Crippen LogP contribution >= 0.6 is 0 Å². The lowest BCUT2D eigenvalue weighted by molar-refractivity contribution is 0.527. The molecule has 1 heterocycles. The average molecular weight is 897 g/mol. The van der Waals surface area contributed by atoms with Crippen LogP contribution in [0.25, 0.3) is 50.1 Å². The molecule has 5 atom stereocenters. The minimum absolute atomic E-state index is 0.354. The predicted molar refractivity (Wildman–Crippen MR) is 295 cm³/mol. The van der Waals surface area contributed by atoms with Crippen LogP contribution in [0, 0.1) is 11.8 Å². The molecule has 0 bridgehead atoms. The van der Waals surface area contributed by atoms with Gasteiger partial charge >= 0.3 is 0 Å². The van der Waals surface area contributed by atoms with Gasteiger partial charge in [0.2, 0.25) is 0 Å². The molecule has 1 spiro atoms. The van der Waals surface area contributed by atoms with Crippen LogP contribution < -0.4 is 9.80 Å². The van der Waals surface area contributed by atoms with E-state index in [2.05, 4.69) is 283 Å². The quantitative estimate of drug-likeness (QED) is 0.157. The highest BCUT2D eigenvalue weighted by Crippen LogP contribution is 2.58. The van der Waals surface area contributed by atoms with Gasteiger partial charge in [0.15, 0.2) is 0 Å². The maximum Gasteiger partial charge on any atom is 0.0551 e. The van der Waals surface area contributed by atoms with Gasteiger partial charge in [-0.15, -0.1) is 0 Å². The Morgan fingerprint density at radius 1 is 0.400 bits per heavy atom. The molecule has 1 saturated heterocycles. The second-order valence-electron chi connectivity index (χ2n) is 19.2. The molecule has 8 aromatic rings. The van der Waals surface area contributed by atoms with E-state index in [1.54, 1.807) is 0 Å². The Morgan fingerprint density at radius 2 is 0.871 bits per heavy atom. The third-order valence-corrected chi connectivity index (χ3v) is 15.6. The molecule has 0 amide bonds. The summed E-state index contributed by atoms with van der Waals surface area (Å²) in [6.45, 7) is 4.54. The van der Waals surface area contributed by atoms with Gasteiger partial charge in [-0.05, 0) is 127 Å². The van der Waals surface area contributed by atoms with Crippen molar-refractivity contribution in [2.45, 2.75) is 23.9 Å². The van der Waals surface area contributed by atoms with E-state index in [4.69, 9.17) is 0 Å². The third kappa shape index (κ3) is 6.85. The second-order valence-corrected chi connectivity index (χ2v) is 19.2. The second kappa shape index (κ2) is 17.3. The minimum Gasteiger partial charge on any atom is -0.357 e. The molecule has 0 saturated carbocycles. The van der Waals surface area contributed by atoms with Crippen LogP contribution in [0.5, 0.6) is 0 Å². The van der Waals surface area contributed by atoms with E-state index in [0.29, 0.717) is 23.9 Å². The fourth-order valence-corrected chi connectivity index (χ4v) is 12.3. The summed E-state index contributed by atoms with van der Waals surface area (Å²) in [4.78, 5) is 4.99. The maximum absolute atomic E-state index is 4.54. The Kier molecular flexibility index (Phi) is 10.3. The lowest BCUT2D eigenvalue weighted by Gasteiger charge is -2.34. The Hall–Kier alpha value is -8.46. The summed E-state index contributed by atoms with van der Waals surface area (Å²) in [5.41, 5.74) is 20.2. The molecule has 0 radical (unpaired) electrons. The molecule has 5 aliphatic rings. The summed E-state index contributed by atoms with van der Waals surface area (Å²) in [6.07, 6.45) is 28.0. The Balaban J connectivity index is 0.860. The number of rotatable bonds is 7. The number of hydrogen-bond donors (Lipinski definition) is 0. The van der Waals surface area contributed by atoms with Crippen molar-refractivity contribution in [1.29, 1.82) is 0 Å². The van der Waals surface area contributed by atoms with Crippen molar-refractivity contribution in [1.82, 2.24) is 0 Å². The van der Waals surface area contributed by atoms with Gasteiger partial charge < -0.3 is 9.80 Å². The molecule has 70 heavy (non-hydrogen) atoms.